The molecule has 0 spiro atoms. The molecule has 10 heteroatoms. The summed E-state index contributed by atoms with van der Waals surface area (Å²) in [5.74, 6) is -5.33. The lowest BCUT2D eigenvalue weighted by molar-refractivity contribution is -0.144. The minimum absolute atomic E-state index is 0.0149. The predicted molar refractivity (Wildman–Crippen MR) is 93.7 cm³/mol. The molecule has 0 fully saturated rings. The highest BCUT2D eigenvalue weighted by Gasteiger charge is 2.37. The maximum atomic E-state index is 12.0. The van der Waals surface area contributed by atoms with Crippen LogP contribution in [0.4, 0.5) is 0 Å². The highest BCUT2D eigenvalue weighted by molar-refractivity contribution is 7.87. The van der Waals surface area contributed by atoms with Gasteiger partial charge in [0.05, 0.1) is 17.5 Å². The fourth-order valence-electron chi connectivity index (χ4n) is 2.03. The highest BCUT2D eigenvalue weighted by atomic mass is 32.2. The zero-order valence-corrected chi connectivity index (χ0v) is 15.0. The maximum Gasteiger partial charge on any atom is 0.345 e. The van der Waals surface area contributed by atoms with Gasteiger partial charge in [0.2, 0.25) is 0 Å². The van der Waals surface area contributed by atoms with Crippen molar-refractivity contribution in [3.63, 3.8) is 0 Å². The largest absolute Gasteiger partial charge is 0.389 e. The van der Waals surface area contributed by atoms with E-state index in [9.17, 15) is 32.1 Å². The van der Waals surface area contributed by atoms with Crippen LogP contribution in [0.15, 0.2) is 60.7 Å². The van der Waals surface area contributed by atoms with E-state index in [2.05, 4.69) is 9.47 Å². The van der Waals surface area contributed by atoms with E-state index in [0.29, 0.717) is 0 Å². The van der Waals surface area contributed by atoms with Crippen molar-refractivity contribution in [2.75, 3.05) is 0 Å². The summed E-state index contributed by atoms with van der Waals surface area (Å²) in [5.41, 5.74) is -0.0344. The van der Waals surface area contributed by atoms with Crippen LogP contribution in [-0.4, -0.2) is 42.1 Å². The lowest BCUT2D eigenvalue weighted by atomic mass is 10.2. The van der Waals surface area contributed by atoms with E-state index in [0.717, 1.165) is 0 Å². The maximum absolute atomic E-state index is 12.0. The number of carbonyl (C=O) groups is 4. The SMILES string of the molecule is O=C(CC(C(=O)OC(=O)c1ccccc1)S(=O)(=O)O)OC(=O)c1ccccc1. The Labute approximate surface area is 159 Å². The summed E-state index contributed by atoms with van der Waals surface area (Å²) in [6.45, 7) is 0. The first-order chi connectivity index (χ1) is 13.2. The van der Waals surface area contributed by atoms with Crippen LogP contribution in [0.25, 0.3) is 0 Å². The molecule has 0 aliphatic carbocycles. The molecular formula is C18H14O9S. The number of esters is 4. The van der Waals surface area contributed by atoms with Crippen molar-refractivity contribution in [3.8, 4) is 0 Å². The smallest absolute Gasteiger partial charge is 0.345 e. The summed E-state index contributed by atoms with van der Waals surface area (Å²) >= 11 is 0. The second kappa shape index (κ2) is 9.02. The quantitative estimate of drug-likeness (QED) is 0.428. The first-order valence-corrected chi connectivity index (χ1v) is 9.26. The van der Waals surface area contributed by atoms with Gasteiger partial charge < -0.3 is 9.47 Å². The van der Waals surface area contributed by atoms with E-state index in [-0.39, 0.29) is 11.1 Å². The average molecular weight is 406 g/mol. The number of carbonyl (C=O) groups excluding carboxylic acids is 4. The number of benzene rings is 2. The van der Waals surface area contributed by atoms with Crippen LogP contribution >= 0.6 is 0 Å². The lowest BCUT2D eigenvalue weighted by Crippen LogP contribution is -2.36. The van der Waals surface area contributed by atoms with Crippen LogP contribution in [0.2, 0.25) is 0 Å². The van der Waals surface area contributed by atoms with Crippen molar-refractivity contribution >= 4 is 34.0 Å². The second-order valence-electron chi connectivity index (χ2n) is 5.41. The molecule has 0 aliphatic rings. The third-order valence-corrected chi connectivity index (χ3v) is 4.47. The van der Waals surface area contributed by atoms with Gasteiger partial charge in [-0.15, -0.1) is 0 Å². The van der Waals surface area contributed by atoms with Crippen molar-refractivity contribution in [1.82, 2.24) is 0 Å². The number of hydrogen-bond acceptors (Lipinski definition) is 8. The summed E-state index contributed by atoms with van der Waals surface area (Å²) in [5, 5.41) is -2.43. The van der Waals surface area contributed by atoms with Gasteiger partial charge in [0.25, 0.3) is 10.1 Å². The van der Waals surface area contributed by atoms with Crippen molar-refractivity contribution in [3.05, 3.63) is 71.8 Å². The van der Waals surface area contributed by atoms with Gasteiger partial charge in [0, 0.05) is 0 Å². The van der Waals surface area contributed by atoms with E-state index < -0.39 is 45.7 Å². The Kier molecular flexibility index (Phi) is 6.74. The van der Waals surface area contributed by atoms with Gasteiger partial charge in [-0.3, -0.25) is 14.1 Å². The van der Waals surface area contributed by atoms with Crippen molar-refractivity contribution in [2.24, 2.45) is 0 Å². The molecule has 28 heavy (non-hydrogen) atoms. The zero-order chi connectivity index (χ0) is 20.7. The molecule has 146 valence electrons. The number of hydrogen-bond donors (Lipinski definition) is 1. The lowest BCUT2D eigenvalue weighted by Gasteiger charge is -2.11. The molecule has 1 N–H and O–H groups in total. The number of rotatable bonds is 6. The fraction of sp³-hybridized carbons (Fsp3) is 0.111. The molecule has 0 saturated heterocycles. The van der Waals surface area contributed by atoms with E-state index in [1.807, 2.05) is 0 Å². The third kappa shape index (κ3) is 5.83. The molecule has 9 nitrogen and oxygen atoms in total. The second-order valence-corrected chi connectivity index (χ2v) is 7.01. The minimum atomic E-state index is -5.13. The predicted octanol–water partition coefficient (Wildman–Crippen LogP) is 1.40. The average Bonchev–Trinajstić information content (AvgIpc) is 2.66. The monoisotopic (exact) mass is 406 g/mol. The molecular weight excluding hydrogens is 392 g/mol. The molecule has 0 bridgehead atoms. The molecule has 0 aromatic heterocycles. The third-order valence-electron chi connectivity index (χ3n) is 3.39. The van der Waals surface area contributed by atoms with Gasteiger partial charge >= 0.3 is 23.9 Å². The zero-order valence-electron chi connectivity index (χ0n) is 14.2. The van der Waals surface area contributed by atoms with E-state index in [1.54, 1.807) is 12.1 Å². The van der Waals surface area contributed by atoms with Crippen molar-refractivity contribution in [2.45, 2.75) is 11.7 Å². The summed E-state index contributed by atoms with van der Waals surface area (Å²) < 4.78 is 40.9. The molecule has 1 unspecified atom stereocenters. The molecule has 0 heterocycles. The van der Waals surface area contributed by atoms with Crippen molar-refractivity contribution in [1.29, 1.82) is 0 Å². The van der Waals surface area contributed by atoms with E-state index >= 15 is 0 Å². The van der Waals surface area contributed by atoms with Gasteiger partial charge in [0.15, 0.2) is 5.25 Å². The van der Waals surface area contributed by atoms with E-state index in [1.165, 1.54) is 48.5 Å². The molecule has 2 rings (SSSR count). The summed E-state index contributed by atoms with van der Waals surface area (Å²) in [7, 11) is -5.13. The van der Waals surface area contributed by atoms with Crippen LogP contribution in [0.5, 0.6) is 0 Å². The number of ether oxygens (including phenoxy) is 2. The molecule has 2 aromatic rings. The normalized spacial score (nSPS) is 11.9. The van der Waals surface area contributed by atoms with Crippen LogP contribution in [0, 0.1) is 0 Å². The Morgan fingerprint density at radius 3 is 1.64 bits per heavy atom. The first-order valence-electron chi connectivity index (χ1n) is 7.76. The standard InChI is InChI=1S/C18H14O9S/c19-15(26-16(20)12-7-3-1-4-8-12)11-14(28(23,24)25)18(22)27-17(21)13-9-5-2-6-10-13/h1-10,14H,11H2,(H,23,24,25). The molecule has 2 aromatic carbocycles. The van der Waals surface area contributed by atoms with Gasteiger partial charge in [-0.2, -0.15) is 8.42 Å². The van der Waals surface area contributed by atoms with Gasteiger partial charge in [-0.05, 0) is 24.3 Å². The molecule has 0 radical (unpaired) electrons. The Balaban J connectivity index is 2.07. The Bertz CT molecular complexity index is 982. The van der Waals surface area contributed by atoms with Crippen LogP contribution < -0.4 is 0 Å². The molecule has 1 atom stereocenters. The summed E-state index contributed by atoms with van der Waals surface area (Å²) in [6.07, 6.45) is -1.22. The topological polar surface area (TPSA) is 141 Å². The summed E-state index contributed by atoms with van der Waals surface area (Å²) in [6, 6.07) is 14.5. The van der Waals surface area contributed by atoms with Crippen LogP contribution in [-0.2, 0) is 29.2 Å². The Morgan fingerprint density at radius 2 is 1.21 bits per heavy atom. The highest BCUT2D eigenvalue weighted by Crippen LogP contribution is 2.12. The van der Waals surface area contributed by atoms with E-state index in [4.69, 9.17) is 0 Å². The molecule has 0 amide bonds. The van der Waals surface area contributed by atoms with Crippen LogP contribution in [0.3, 0.4) is 0 Å². The van der Waals surface area contributed by atoms with Gasteiger partial charge in [-0.25, -0.2) is 9.59 Å². The summed E-state index contributed by atoms with van der Waals surface area (Å²) in [4.78, 5) is 47.5. The Hall–Kier alpha value is -3.37. The van der Waals surface area contributed by atoms with Gasteiger partial charge in [0.1, 0.15) is 0 Å². The van der Waals surface area contributed by atoms with Crippen LogP contribution in [0.1, 0.15) is 27.1 Å². The Morgan fingerprint density at radius 1 is 0.786 bits per heavy atom. The van der Waals surface area contributed by atoms with Crippen molar-refractivity contribution < 1.29 is 41.6 Å². The minimum Gasteiger partial charge on any atom is -0.389 e. The molecule has 0 aliphatic heterocycles. The van der Waals surface area contributed by atoms with Gasteiger partial charge in [-0.1, -0.05) is 36.4 Å². The fourth-order valence-corrected chi connectivity index (χ4v) is 2.67. The molecule has 0 saturated carbocycles. The first kappa shape index (κ1) is 20.9.